The molecule has 0 radical (unpaired) electrons. The first-order valence-corrected chi connectivity index (χ1v) is 10.8. The van der Waals surface area contributed by atoms with Gasteiger partial charge in [-0.15, -0.1) is 0 Å². The molecule has 0 fully saturated rings. The van der Waals surface area contributed by atoms with E-state index in [1.807, 2.05) is 13.8 Å². The number of benzene rings is 1. The van der Waals surface area contributed by atoms with Crippen molar-refractivity contribution in [1.29, 1.82) is 0 Å². The molecular formula is C23H24F4N4O2. The van der Waals surface area contributed by atoms with Gasteiger partial charge in [0, 0.05) is 43.0 Å². The average molecular weight is 464 g/mol. The molecule has 0 bridgehead atoms. The molecule has 1 aromatic carbocycles. The van der Waals surface area contributed by atoms with E-state index >= 15 is 0 Å². The van der Waals surface area contributed by atoms with Crippen molar-refractivity contribution >= 4 is 29.2 Å². The lowest BCUT2D eigenvalue weighted by Crippen LogP contribution is -2.43. The molecule has 0 spiro atoms. The Kier molecular flexibility index (Phi) is 6.04. The van der Waals surface area contributed by atoms with E-state index in [0.717, 1.165) is 31.3 Å². The van der Waals surface area contributed by atoms with Crippen LogP contribution in [-0.4, -0.2) is 59.3 Å². The van der Waals surface area contributed by atoms with Crippen LogP contribution >= 0.6 is 0 Å². The van der Waals surface area contributed by atoms with Crippen molar-refractivity contribution in [3.05, 3.63) is 52.1 Å². The number of carbonyl (C=O) groups excluding carboxylic acids is 2. The van der Waals surface area contributed by atoms with Crippen molar-refractivity contribution in [3.63, 3.8) is 0 Å². The summed E-state index contributed by atoms with van der Waals surface area (Å²) in [4.78, 5) is 31.7. The predicted octanol–water partition coefficient (Wildman–Crippen LogP) is 4.01. The molecule has 2 aromatic rings. The third kappa shape index (κ3) is 4.27. The van der Waals surface area contributed by atoms with Gasteiger partial charge in [-0.05, 0) is 37.4 Å². The lowest BCUT2D eigenvalue weighted by molar-refractivity contribution is -0.138. The maximum Gasteiger partial charge on any atom is 0.419 e. The second-order valence-corrected chi connectivity index (χ2v) is 8.04. The number of halogens is 4. The summed E-state index contributed by atoms with van der Waals surface area (Å²) in [5, 5.41) is 2.52. The van der Waals surface area contributed by atoms with Crippen molar-refractivity contribution < 1.29 is 27.2 Å². The van der Waals surface area contributed by atoms with Crippen LogP contribution in [0.25, 0.3) is 11.6 Å². The Morgan fingerprint density at radius 1 is 1.18 bits per heavy atom. The molecule has 6 nitrogen and oxygen atoms in total. The molecule has 0 aliphatic carbocycles. The van der Waals surface area contributed by atoms with Crippen LogP contribution in [-0.2, 0) is 17.4 Å². The fourth-order valence-electron chi connectivity index (χ4n) is 4.37. The highest BCUT2D eigenvalue weighted by Crippen LogP contribution is 2.41. The third-order valence-corrected chi connectivity index (χ3v) is 6.16. The first-order chi connectivity index (χ1) is 15.6. The van der Waals surface area contributed by atoms with Gasteiger partial charge in [0.15, 0.2) is 0 Å². The number of alkyl halides is 3. The van der Waals surface area contributed by atoms with Gasteiger partial charge >= 0.3 is 6.18 Å². The van der Waals surface area contributed by atoms with Gasteiger partial charge in [0.2, 0.25) is 0 Å². The van der Waals surface area contributed by atoms with Gasteiger partial charge in [-0.3, -0.25) is 9.59 Å². The maximum absolute atomic E-state index is 14.1. The fourth-order valence-corrected chi connectivity index (χ4v) is 4.37. The minimum Gasteiger partial charge on any atom is -0.358 e. The number of likely N-dealkylation sites (N-methyl/N-ethyl adjacent to an activating group) is 1. The molecule has 2 N–H and O–H groups in total. The number of fused-ring (bicyclic) bond motifs is 2. The van der Waals surface area contributed by atoms with Crippen LogP contribution in [0.5, 0.6) is 0 Å². The monoisotopic (exact) mass is 464 g/mol. The van der Waals surface area contributed by atoms with E-state index in [4.69, 9.17) is 0 Å². The second-order valence-electron chi connectivity index (χ2n) is 8.04. The van der Waals surface area contributed by atoms with Crippen LogP contribution in [0.2, 0.25) is 0 Å². The molecule has 10 heteroatoms. The summed E-state index contributed by atoms with van der Waals surface area (Å²) in [5.74, 6) is -1.93. The molecule has 0 saturated carbocycles. The van der Waals surface area contributed by atoms with Gasteiger partial charge in [0.25, 0.3) is 11.8 Å². The predicted molar refractivity (Wildman–Crippen MR) is 116 cm³/mol. The van der Waals surface area contributed by atoms with E-state index in [9.17, 15) is 27.2 Å². The molecule has 176 valence electrons. The van der Waals surface area contributed by atoms with Gasteiger partial charge in [-0.25, -0.2) is 4.39 Å². The highest BCUT2D eigenvalue weighted by atomic mass is 19.4. The number of hydrogen-bond donors (Lipinski definition) is 2. The van der Waals surface area contributed by atoms with Crippen molar-refractivity contribution in [3.8, 4) is 0 Å². The quantitative estimate of drug-likeness (QED) is 0.502. The topological polar surface area (TPSA) is 68.4 Å². The van der Waals surface area contributed by atoms with Gasteiger partial charge in [-0.1, -0.05) is 13.8 Å². The number of aromatic amines is 1. The zero-order valence-corrected chi connectivity index (χ0v) is 18.3. The van der Waals surface area contributed by atoms with Crippen LogP contribution in [0.1, 0.15) is 46.7 Å². The van der Waals surface area contributed by atoms with Crippen molar-refractivity contribution in [1.82, 2.24) is 14.8 Å². The molecule has 4 rings (SSSR count). The highest BCUT2D eigenvalue weighted by Gasteiger charge is 2.43. The smallest absolute Gasteiger partial charge is 0.358 e. The van der Waals surface area contributed by atoms with Crippen LogP contribution in [0, 0.1) is 5.82 Å². The summed E-state index contributed by atoms with van der Waals surface area (Å²) in [6.45, 7) is 6.73. The fraction of sp³-hybridized carbons (Fsp3) is 0.391. The van der Waals surface area contributed by atoms with Crippen LogP contribution in [0.15, 0.2) is 18.2 Å². The summed E-state index contributed by atoms with van der Waals surface area (Å²) < 4.78 is 56.1. The summed E-state index contributed by atoms with van der Waals surface area (Å²) in [7, 11) is 0. The largest absolute Gasteiger partial charge is 0.419 e. The van der Waals surface area contributed by atoms with Crippen LogP contribution in [0.4, 0.5) is 23.2 Å². The van der Waals surface area contributed by atoms with E-state index in [2.05, 4.69) is 15.2 Å². The van der Waals surface area contributed by atoms with Crippen LogP contribution in [0.3, 0.4) is 0 Å². The molecule has 1 aromatic heterocycles. The Morgan fingerprint density at radius 2 is 1.91 bits per heavy atom. The Balaban J connectivity index is 1.74. The summed E-state index contributed by atoms with van der Waals surface area (Å²) in [6, 6.07) is 3.60. The number of nitrogens with one attached hydrogen (secondary N) is 2. The summed E-state index contributed by atoms with van der Waals surface area (Å²) in [6.07, 6.45) is -3.54. The number of nitrogens with zero attached hydrogens (tertiary/aromatic N) is 2. The van der Waals surface area contributed by atoms with Gasteiger partial charge in [-0.2, -0.15) is 13.2 Å². The lowest BCUT2D eigenvalue weighted by atomic mass is 9.99. The Hall–Kier alpha value is -3.14. The number of rotatable bonds is 6. The first-order valence-electron chi connectivity index (χ1n) is 10.8. The minimum absolute atomic E-state index is 0.0977. The molecule has 2 aliphatic heterocycles. The SMILES string of the molecule is CCN(CC)CCN1CCc2[nH]c(/C=C3\C(=O)Nc4ccc(F)cc43)c(C(F)(F)F)c2C1=O. The molecule has 33 heavy (non-hydrogen) atoms. The summed E-state index contributed by atoms with van der Waals surface area (Å²) >= 11 is 0. The second kappa shape index (κ2) is 8.66. The van der Waals surface area contributed by atoms with Crippen molar-refractivity contribution in [2.24, 2.45) is 0 Å². The molecule has 0 unspecified atom stereocenters. The van der Waals surface area contributed by atoms with Crippen LogP contribution < -0.4 is 5.32 Å². The van der Waals surface area contributed by atoms with E-state index in [1.54, 1.807) is 0 Å². The standard InChI is InChI=1S/C23H24F4N4O2/c1-3-30(4-2)9-10-31-8-7-17-19(22(31)33)20(23(25,26)27)18(28-17)12-15-14-11-13(24)5-6-16(14)29-21(15)32/h5-6,11-12,28H,3-4,7-10H2,1-2H3,(H,29,32)/b15-12-. The van der Waals surface area contributed by atoms with E-state index < -0.39 is 34.9 Å². The lowest BCUT2D eigenvalue weighted by Gasteiger charge is -2.30. The van der Waals surface area contributed by atoms with Gasteiger partial charge in [0.1, 0.15) is 5.82 Å². The zero-order chi connectivity index (χ0) is 23.9. The minimum atomic E-state index is -4.83. The molecule has 2 amide bonds. The molecule has 0 saturated heterocycles. The van der Waals surface area contributed by atoms with E-state index in [1.165, 1.54) is 11.0 Å². The average Bonchev–Trinajstić information content (AvgIpc) is 3.28. The van der Waals surface area contributed by atoms with E-state index in [0.29, 0.717) is 25.3 Å². The summed E-state index contributed by atoms with van der Waals surface area (Å²) in [5.41, 5.74) is -1.30. The Labute approximate surface area is 188 Å². The van der Waals surface area contributed by atoms with Gasteiger partial charge in [0.05, 0.1) is 22.4 Å². The number of H-pyrrole nitrogens is 1. The number of hydrogen-bond acceptors (Lipinski definition) is 3. The highest BCUT2D eigenvalue weighted by molar-refractivity contribution is 6.35. The normalized spacial score (nSPS) is 17.1. The number of carbonyl (C=O) groups is 2. The molecule has 0 atom stereocenters. The van der Waals surface area contributed by atoms with E-state index in [-0.39, 0.29) is 28.9 Å². The Bertz CT molecular complexity index is 1130. The van der Waals surface area contributed by atoms with Crippen molar-refractivity contribution in [2.75, 3.05) is 38.0 Å². The Morgan fingerprint density at radius 3 is 2.58 bits per heavy atom. The number of amides is 2. The third-order valence-electron chi connectivity index (χ3n) is 6.16. The van der Waals surface area contributed by atoms with Gasteiger partial charge < -0.3 is 20.1 Å². The number of aromatic nitrogens is 1. The molecule has 3 heterocycles. The van der Waals surface area contributed by atoms with Crippen molar-refractivity contribution in [2.45, 2.75) is 26.4 Å². The molecule has 2 aliphatic rings. The maximum atomic E-state index is 14.1. The molecular weight excluding hydrogens is 440 g/mol. The zero-order valence-electron chi connectivity index (χ0n) is 18.3. The first kappa shape index (κ1) is 23.0. The number of anilines is 1.